The van der Waals surface area contributed by atoms with Gasteiger partial charge in [-0.05, 0) is 36.0 Å². The maximum atomic E-state index is 12.5. The smallest absolute Gasteiger partial charge is 0.171 e. The van der Waals surface area contributed by atoms with Crippen LogP contribution in [-0.4, -0.2) is 20.4 Å². The van der Waals surface area contributed by atoms with Gasteiger partial charge in [0.2, 0.25) is 0 Å². The molecule has 21 heavy (non-hydrogen) atoms. The highest BCUT2D eigenvalue weighted by Gasteiger charge is 2.15. The van der Waals surface area contributed by atoms with Crippen molar-refractivity contribution in [1.82, 2.24) is 14.6 Å². The van der Waals surface area contributed by atoms with Crippen LogP contribution in [0.3, 0.4) is 0 Å². The molecule has 0 unspecified atom stereocenters. The molecule has 2 aromatic heterocycles. The number of rotatable bonds is 3. The third kappa shape index (κ3) is 2.13. The molecule has 104 valence electrons. The Labute approximate surface area is 122 Å². The Morgan fingerprint density at radius 2 is 2.10 bits per heavy atom. The number of benzene rings is 1. The molecule has 0 bridgehead atoms. The number of carbonyl (C=O) groups is 1. The van der Waals surface area contributed by atoms with Crippen LogP contribution in [0.15, 0.2) is 43.0 Å². The number of Topliss-reactive ketones (excluding diaryl/α,β-unsaturated/α-hetero) is 1. The van der Waals surface area contributed by atoms with E-state index in [4.69, 9.17) is 0 Å². The lowest BCUT2D eigenvalue weighted by Gasteiger charge is -2.04. The van der Waals surface area contributed by atoms with E-state index in [1.807, 2.05) is 0 Å². The second kappa shape index (κ2) is 4.81. The molecule has 1 aliphatic carbocycles. The number of hydrogen-bond donors (Lipinski definition) is 0. The van der Waals surface area contributed by atoms with Gasteiger partial charge in [-0.2, -0.15) is 5.10 Å². The van der Waals surface area contributed by atoms with Crippen molar-refractivity contribution in [3.05, 3.63) is 65.2 Å². The van der Waals surface area contributed by atoms with Crippen molar-refractivity contribution in [1.29, 1.82) is 0 Å². The highest BCUT2D eigenvalue weighted by molar-refractivity contribution is 6.03. The molecule has 0 saturated carbocycles. The van der Waals surface area contributed by atoms with Crippen LogP contribution in [0.25, 0.3) is 5.52 Å². The zero-order valence-corrected chi connectivity index (χ0v) is 11.6. The van der Waals surface area contributed by atoms with Gasteiger partial charge in [-0.15, -0.1) is 0 Å². The molecule has 1 aromatic carbocycles. The molecule has 4 rings (SSSR count). The molecular formula is C17H15N3O. The summed E-state index contributed by atoms with van der Waals surface area (Å²) in [5, 5.41) is 4.20. The number of carbonyl (C=O) groups excluding carboxylic acids is 1. The van der Waals surface area contributed by atoms with Crippen LogP contribution in [0, 0.1) is 0 Å². The lowest BCUT2D eigenvalue weighted by Crippen LogP contribution is -2.04. The molecule has 4 heteroatoms. The predicted octanol–water partition coefficient (Wildman–Crippen LogP) is 2.64. The second-order valence-corrected chi connectivity index (χ2v) is 5.52. The molecule has 0 radical (unpaired) electrons. The summed E-state index contributed by atoms with van der Waals surface area (Å²) >= 11 is 0. The van der Waals surface area contributed by atoms with Gasteiger partial charge in [0.25, 0.3) is 0 Å². The summed E-state index contributed by atoms with van der Waals surface area (Å²) in [5.74, 6) is 0.0935. The van der Waals surface area contributed by atoms with Crippen molar-refractivity contribution < 1.29 is 4.79 Å². The molecule has 0 saturated heterocycles. The molecular weight excluding hydrogens is 262 g/mol. The van der Waals surface area contributed by atoms with Crippen LogP contribution >= 0.6 is 0 Å². The summed E-state index contributed by atoms with van der Waals surface area (Å²) in [4.78, 5) is 16.6. The molecule has 0 spiro atoms. The lowest BCUT2D eigenvalue weighted by molar-refractivity contribution is 0.0994. The highest BCUT2D eigenvalue weighted by Crippen LogP contribution is 2.23. The van der Waals surface area contributed by atoms with Crippen molar-refractivity contribution in [3.8, 4) is 0 Å². The summed E-state index contributed by atoms with van der Waals surface area (Å²) in [6.45, 7) is 0. The maximum Gasteiger partial charge on any atom is 0.171 e. The highest BCUT2D eigenvalue weighted by atomic mass is 16.1. The van der Waals surface area contributed by atoms with Crippen LogP contribution in [0.5, 0.6) is 0 Å². The fourth-order valence-corrected chi connectivity index (χ4v) is 3.07. The van der Waals surface area contributed by atoms with Gasteiger partial charge in [0, 0.05) is 18.8 Å². The van der Waals surface area contributed by atoms with Crippen molar-refractivity contribution in [2.45, 2.75) is 25.7 Å². The molecule has 0 fully saturated rings. The van der Waals surface area contributed by atoms with Crippen LogP contribution in [0.2, 0.25) is 0 Å². The van der Waals surface area contributed by atoms with E-state index in [0.717, 1.165) is 17.5 Å². The molecule has 0 atom stereocenters. The van der Waals surface area contributed by atoms with E-state index in [0.29, 0.717) is 12.0 Å². The van der Waals surface area contributed by atoms with Crippen LogP contribution in [0.4, 0.5) is 0 Å². The van der Waals surface area contributed by atoms with Gasteiger partial charge < -0.3 is 0 Å². The summed E-state index contributed by atoms with van der Waals surface area (Å²) in [6, 6.07) is 6.43. The number of fused-ring (bicyclic) bond motifs is 2. The molecule has 1 aliphatic rings. The van der Waals surface area contributed by atoms with Crippen LogP contribution < -0.4 is 0 Å². The van der Waals surface area contributed by atoms with Gasteiger partial charge >= 0.3 is 0 Å². The summed E-state index contributed by atoms with van der Waals surface area (Å²) in [7, 11) is 0. The van der Waals surface area contributed by atoms with Gasteiger partial charge in [0.05, 0.1) is 23.5 Å². The normalized spacial score (nSPS) is 13.5. The standard InChI is InChI=1S/C17H15N3O/c21-17(15-10-19-20-7-6-18-11-16(15)20)9-12-4-5-13-2-1-3-14(13)8-12/h4-8,10-11H,1-3,9H2. The number of hydrogen-bond acceptors (Lipinski definition) is 3. The molecule has 3 aromatic rings. The monoisotopic (exact) mass is 277 g/mol. The molecule has 2 heterocycles. The lowest BCUT2D eigenvalue weighted by atomic mass is 10.0. The quantitative estimate of drug-likeness (QED) is 0.691. The van der Waals surface area contributed by atoms with Gasteiger partial charge in [0.1, 0.15) is 0 Å². The first-order chi connectivity index (χ1) is 10.3. The van der Waals surface area contributed by atoms with E-state index >= 15 is 0 Å². The molecule has 0 N–H and O–H groups in total. The Morgan fingerprint density at radius 1 is 1.19 bits per heavy atom. The summed E-state index contributed by atoms with van der Waals surface area (Å²) in [5.41, 5.74) is 5.34. The fraction of sp³-hybridized carbons (Fsp3) is 0.235. The SMILES string of the molecule is O=C(Cc1ccc2c(c1)CCC2)c1cnn2ccncc12. The number of aryl methyl sites for hydroxylation is 2. The third-order valence-corrected chi connectivity index (χ3v) is 4.15. The van der Waals surface area contributed by atoms with Gasteiger partial charge in [-0.1, -0.05) is 18.2 Å². The second-order valence-electron chi connectivity index (χ2n) is 5.52. The van der Waals surface area contributed by atoms with Gasteiger partial charge in [0.15, 0.2) is 5.78 Å². The zero-order chi connectivity index (χ0) is 14.2. The number of nitrogens with zero attached hydrogens (tertiary/aromatic N) is 3. The molecule has 0 aliphatic heterocycles. The van der Waals surface area contributed by atoms with E-state index in [-0.39, 0.29) is 5.78 Å². The van der Waals surface area contributed by atoms with Crippen molar-refractivity contribution in [2.75, 3.05) is 0 Å². The van der Waals surface area contributed by atoms with Gasteiger partial charge in [-0.3, -0.25) is 9.78 Å². The maximum absolute atomic E-state index is 12.5. The first kappa shape index (κ1) is 12.3. The Balaban J connectivity index is 1.63. The average molecular weight is 277 g/mol. The topological polar surface area (TPSA) is 47.3 Å². The largest absolute Gasteiger partial charge is 0.294 e. The van der Waals surface area contributed by atoms with E-state index in [1.54, 1.807) is 29.3 Å². The van der Waals surface area contributed by atoms with Crippen molar-refractivity contribution in [3.63, 3.8) is 0 Å². The number of aromatic nitrogens is 3. The summed E-state index contributed by atoms with van der Waals surface area (Å²) < 4.78 is 1.68. The Hall–Kier alpha value is -2.49. The third-order valence-electron chi connectivity index (χ3n) is 4.15. The van der Waals surface area contributed by atoms with E-state index in [1.165, 1.54) is 24.0 Å². The minimum atomic E-state index is 0.0935. The van der Waals surface area contributed by atoms with Crippen molar-refractivity contribution in [2.24, 2.45) is 0 Å². The predicted molar refractivity (Wildman–Crippen MR) is 79.5 cm³/mol. The van der Waals surface area contributed by atoms with E-state index < -0.39 is 0 Å². The van der Waals surface area contributed by atoms with Gasteiger partial charge in [-0.25, -0.2) is 4.52 Å². The van der Waals surface area contributed by atoms with Crippen molar-refractivity contribution >= 4 is 11.3 Å². The Kier molecular flexibility index (Phi) is 2.81. The van der Waals surface area contributed by atoms with E-state index in [2.05, 4.69) is 28.3 Å². The average Bonchev–Trinajstić information content (AvgIpc) is 3.13. The first-order valence-electron chi connectivity index (χ1n) is 7.22. The van der Waals surface area contributed by atoms with Crippen LogP contribution in [-0.2, 0) is 19.3 Å². The minimum absolute atomic E-state index is 0.0935. The van der Waals surface area contributed by atoms with E-state index in [9.17, 15) is 4.79 Å². The Morgan fingerprint density at radius 3 is 3.05 bits per heavy atom. The molecule has 4 nitrogen and oxygen atoms in total. The first-order valence-corrected chi connectivity index (χ1v) is 7.22. The minimum Gasteiger partial charge on any atom is -0.294 e. The Bertz CT molecular complexity index is 835. The fourth-order valence-electron chi connectivity index (χ4n) is 3.07. The molecule has 0 amide bonds. The van der Waals surface area contributed by atoms with Crippen LogP contribution in [0.1, 0.15) is 33.5 Å². The number of ketones is 1. The zero-order valence-electron chi connectivity index (χ0n) is 11.6. The summed E-state index contributed by atoms with van der Waals surface area (Å²) in [6.07, 6.45) is 10.7.